The second-order valence-corrected chi connectivity index (χ2v) is 5.37. The van der Waals surface area contributed by atoms with Gasteiger partial charge in [-0.2, -0.15) is 0 Å². The summed E-state index contributed by atoms with van der Waals surface area (Å²) in [5.41, 5.74) is 5.62. The van der Waals surface area contributed by atoms with Gasteiger partial charge in [0.25, 0.3) is 0 Å². The van der Waals surface area contributed by atoms with Crippen molar-refractivity contribution in [2.75, 3.05) is 0 Å². The van der Waals surface area contributed by atoms with E-state index < -0.39 is 11.6 Å². The number of ether oxygens (including phenoxy) is 1. The van der Waals surface area contributed by atoms with E-state index in [9.17, 15) is 8.78 Å². The molecule has 0 heterocycles. The molecule has 1 rings (SSSR count). The van der Waals surface area contributed by atoms with E-state index in [4.69, 9.17) is 10.5 Å². The van der Waals surface area contributed by atoms with Gasteiger partial charge in [-0.05, 0) is 6.92 Å². The first kappa shape index (κ1) is 13.9. The van der Waals surface area contributed by atoms with Gasteiger partial charge in [0.2, 0.25) is 0 Å². The molecule has 4 heteroatoms. The fourth-order valence-corrected chi connectivity index (χ4v) is 1.82. The molecule has 2 N–H and O–H groups in total. The number of hydrogen-bond acceptors (Lipinski definition) is 2. The number of rotatable bonds is 3. The lowest BCUT2D eigenvalue weighted by atomic mass is 9.85. The summed E-state index contributed by atoms with van der Waals surface area (Å²) in [6.45, 7) is 7.72. The molecular formula is C13H19F2NO. The molecule has 1 aromatic rings. The molecule has 0 aliphatic rings. The molecule has 2 atom stereocenters. The Kier molecular flexibility index (Phi) is 4.09. The number of hydrogen-bond donors (Lipinski definition) is 1. The second-order valence-electron chi connectivity index (χ2n) is 5.37. The molecule has 0 aromatic heterocycles. The van der Waals surface area contributed by atoms with Crippen molar-refractivity contribution in [3.8, 4) is 5.75 Å². The first-order chi connectivity index (χ1) is 7.70. The summed E-state index contributed by atoms with van der Waals surface area (Å²) in [5.74, 6) is -1.14. The highest BCUT2D eigenvalue weighted by molar-refractivity contribution is 5.24. The minimum absolute atomic E-state index is 0.166. The minimum Gasteiger partial charge on any atom is -0.488 e. The summed E-state index contributed by atoms with van der Waals surface area (Å²) in [6, 6.07) is 2.89. The third-order valence-electron chi connectivity index (χ3n) is 2.43. The van der Waals surface area contributed by atoms with Gasteiger partial charge in [-0.15, -0.1) is 0 Å². The van der Waals surface area contributed by atoms with E-state index in [-0.39, 0.29) is 23.3 Å². The highest BCUT2D eigenvalue weighted by Crippen LogP contribution is 2.27. The standard InChI is InChI=1S/C13H19F2NO/c1-8(16)12(13(2,3)4)17-11-6-9(14)5-10(15)7-11/h5-8,12H,16H2,1-4H3. The van der Waals surface area contributed by atoms with Gasteiger partial charge in [-0.3, -0.25) is 0 Å². The van der Waals surface area contributed by atoms with E-state index in [2.05, 4.69) is 0 Å². The molecule has 96 valence electrons. The molecule has 17 heavy (non-hydrogen) atoms. The molecule has 0 fully saturated rings. The monoisotopic (exact) mass is 243 g/mol. The molecular weight excluding hydrogens is 224 g/mol. The van der Waals surface area contributed by atoms with E-state index in [1.165, 1.54) is 0 Å². The van der Waals surface area contributed by atoms with Gasteiger partial charge in [-0.25, -0.2) is 8.78 Å². The lowest BCUT2D eigenvalue weighted by molar-refractivity contribution is 0.0678. The third kappa shape index (κ3) is 3.97. The Hall–Kier alpha value is -1.16. The largest absolute Gasteiger partial charge is 0.488 e. The van der Waals surface area contributed by atoms with Crippen molar-refractivity contribution in [1.82, 2.24) is 0 Å². The Bertz CT molecular complexity index is 365. The van der Waals surface area contributed by atoms with Crippen LogP contribution >= 0.6 is 0 Å². The maximum atomic E-state index is 13.0. The van der Waals surface area contributed by atoms with Crippen LogP contribution in [0.2, 0.25) is 0 Å². The highest BCUT2D eigenvalue weighted by Gasteiger charge is 2.30. The Morgan fingerprint density at radius 2 is 1.59 bits per heavy atom. The zero-order valence-corrected chi connectivity index (χ0v) is 10.6. The minimum atomic E-state index is -0.655. The topological polar surface area (TPSA) is 35.2 Å². The normalized spacial score (nSPS) is 15.5. The van der Waals surface area contributed by atoms with Crippen molar-refractivity contribution in [3.63, 3.8) is 0 Å². The van der Waals surface area contributed by atoms with Gasteiger partial charge < -0.3 is 10.5 Å². The van der Waals surface area contributed by atoms with Crippen LogP contribution in [-0.4, -0.2) is 12.1 Å². The molecule has 0 spiro atoms. The molecule has 0 aliphatic heterocycles. The van der Waals surface area contributed by atoms with E-state index in [1.54, 1.807) is 0 Å². The quantitative estimate of drug-likeness (QED) is 0.885. The van der Waals surface area contributed by atoms with Crippen LogP contribution in [0.1, 0.15) is 27.7 Å². The van der Waals surface area contributed by atoms with E-state index in [1.807, 2.05) is 27.7 Å². The van der Waals surface area contributed by atoms with Gasteiger partial charge in [-0.1, -0.05) is 20.8 Å². The Balaban J connectivity index is 2.94. The van der Waals surface area contributed by atoms with E-state index in [0.717, 1.165) is 18.2 Å². The fourth-order valence-electron chi connectivity index (χ4n) is 1.82. The Morgan fingerprint density at radius 3 is 1.94 bits per heavy atom. The molecule has 0 radical (unpaired) electrons. The molecule has 2 nitrogen and oxygen atoms in total. The third-order valence-corrected chi connectivity index (χ3v) is 2.43. The van der Waals surface area contributed by atoms with Crippen molar-refractivity contribution in [3.05, 3.63) is 29.8 Å². The summed E-state index contributed by atoms with van der Waals surface area (Å²) >= 11 is 0. The van der Waals surface area contributed by atoms with Crippen LogP contribution in [0, 0.1) is 17.0 Å². The van der Waals surface area contributed by atoms with Crippen molar-refractivity contribution >= 4 is 0 Å². The summed E-state index contributed by atoms with van der Waals surface area (Å²) in [6.07, 6.45) is -0.316. The molecule has 0 saturated heterocycles. The zero-order chi connectivity index (χ0) is 13.2. The Morgan fingerprint density at radius 1 is 1.12 bits per heavy atom. The van der Waals surface area contributed by atoms with Crippen molar-refractivity contribution in [2.24, 2.45) is 11.1 Å². The predicted octanol–water partition coefficient (Wildman–Crippen LogP) is 3.11. The van der Waals surface area contributed by atoms with Crippen LogP contribution < -0.4 is 10.5 Å². The zero-order valence-electron chi connectivity index (χ0n) is 10.6. The van der Waals surface area contributed by atoms with Gasteiger partial charge in [0.05, 0.1) is 0 Å². The average Bonchev–Trinajstić information content (AvgIpc) is 2.10. The van der Waals surface area contributed by atoms with Crippen molar-refractivity contribution in [2.45, 2.75) is 39.8 Å². The molecule has 0 amide bonds. The van der Waals surface area contributed by atoms with Gasteiger partial charge in [0, 0.05) is 29.7 Å². The predicted molar refractivity (Wildman–Crippen MR) is 63.9 cm³/mol. The molecule has 2 unspecified atom stereocenters. The molecule has 0 bridgehead atoms. The van der Waals surface area contributed by atoms with Crippen molar-refractivity contribution < 1.29 is 13.5 Å². The van der Waals surface area contributed by atoms with Crippen molar-refractivity contribution in [1.29, 1.82) is 0 Å². The first-order valence-corrected chi connectivity index (χ1v) is 5.58. The number of halogens is 2. The van der Waals surface area contributed by atoms with Crippen LogP contribution in [0.4, 0.5) is 8.78 Å². The maximum Gasteiger partial charge on any atom is 0.129 e. The number of benzene rings is 1. The second kappa shape index (κ2) is 5.00. The van der Waals surface area contributed by atoms with Crippen LogP contribution in [0.25, 0.3) is 0 Å². The summed E-state index contributed by atoms with van der Waals surface area (Å²) in [5, 5.41) is 0. The highest BCUT2D eigenvalue weighted by atomic mass is 19.1. The number of nitrogens with two attached hydrogens (primary N) is 1. The van der Waals surface area contributed by atoms with Crippen LogP contribution in [0.5, 0.6) is 5.75 Å². The Labute approximate surface area is 101 Å². The maximum absolute atomic E-state index is 13.0. The van der Waals surface area contributed by atoms with Crippen LogP contribution in [0.3, 0.4) is 0 Å². The summed E-state index contributed by atoms with van der Waals surface area (Å²) in [4.78, 5) is 0. The lowest BCUT2D eigenvalue weighted by Gasteiger charge is -2.34. The van der Waals surface area contributed by atoms with Gasteiger partial charge in [0.1, 0.15) is 23.5 Å². The van der Waals surface area contributed by atoms with Gasteiger partial charge >= 0.3 is 0 Å². The van der Waals surface area contributed by atoms with Crippen LogP contribution in [0.15, 0.2) is 18.2 Å². The molecule has 0 saturated carbocycles. The SMILES string of the molecule is CC(N)C(Oc1cc(F)cc(F)c1)C(C)(C)C. The van der Waals surface area contributed by atoms with E-state index >= 15 is 0 Å². The summed E-state index contributed by atoms with van der Waals surface area (Å²) < 4.78 is 31.6. The average molecular weight is 243 g/mol. The summed E-state index contributed by atoms with van der Waals surface area (Å²) in [7, 11) is 0. The van der Waals surface area contributed by atoms with Crippen LogP contribution in [-0.2, 0) is 0 Å². The van der Waals surface area contributed by atoms with E-state index in [0.29, 0.717) is 0 Å². The lowest BCUT2D eigenvalue weighted by Crippen LogP contribution is -2.45. The fraction of sp³-hybridized carbons (Fsp3) is 0.538. The smallest absolute Gasteiger partial charge is 0.129 e. The molecule has 1 aromatic carbocycles. The van der Waals surface area contributed by atoms with Gasteiger partial charge in [0.15, 0.2) is 0 Å². The molecule has 0 aliphatic carbocycles. The first-order valence-electron chi connectivity index (χ1n) is 5.58.